The van der Waals surface area contributed by atoms with Gasteiger partial charge in [-0.25, -0.2) is 9.80 Å². The van der Waals surface area contributed by atoms with Gasteiger partial charge in [-0.2, -0.15) is 0 Å². The van der Waals surface area contributed by atoms with Crippen LogP contribution in [0.15, 0.2) is 36.4 Å². The number of benzene rings is 2. The van der Waals surface area contributed by atoms with E-state index in [1.54, 1.807) is 12.1 Å². The summed E-state index contributed by atoms with van der Waals surface area (Å²) >= 11 is 13.5. The van der Waals surface area contributed by atoms with Gasteiger partial charge in [0.15, 0.2) is 0 Å². The third kappa shape index (κ3) is 6.76. The standard InChI is InChI=1S/C33H46Cl2N2O4Si/c1-21(2)42(22(3)4,23(5)6)41-28-13-15-36(16-14-28)37-17-12-26(32(37)38)18-29-30(34)19-27(20-31(29)35)24-8-10-25(11-9-24)33(39)40-7/h8-11,19-23,26,28H,12-18H2,1-7H3. The van der Waals surface area contributed by atoms with Crippen molar-refractivity contribution in [2.45, 2.75) is 90.0 Å². The molecule has 0 bridgehead atoms. The van der Waals surface area contributed by atoms with Crippen LogP contribution in [0.1, 0.15) is 76.7 Å². The summed E-state index contributed by atoms with van der Waals surface area (Å²) in [6.07, 6.45) is 3.47. The predicted molar refractivity (Wildman–Crippen MR) is 173 cm³/mol. The Kier molecular flexibility index (Phi) is 10.9. The summed E-state index contributed by atoms with van der Waals surface area (Å²) < 4.78 is 11.8. The zero-order valence-electron chi connectivity index (χ0n) is 26.1. The first-order valence-electron chi connectivity index (χ1n) is 15.3. The second kappa shape index (κ2) is 13.8. The summed E-state index contributed by atoms with van der Waals surface area (Å²) in [4.78, 5) is 25.3. The lowest BCUT2D eigenvalue weighted by Crippen LogP contribution is -2.54. The molecule has 2 heterocycles. The normalized spacial score (nSPS) is 19.0. The molecule has 0 radical (unpaired) electrons. The van der Waals surface area contributed by atoms with Crippen LogP contribution in [0.5, 0.6) is 0 Å². The maximum absolute atomic E-state index is 13.5. The highest BCUT2D eigenvalue weighted by Crippen LogP contribution is 2.44. The number of hydrazine groups is 1. The van der Waals surface area contributed by atoms with Gasteiger partial charge >= 0.3 is 5.97 Å². The Hall–Kier alpha value is -1.90. The highest BCUT2D eigenvalue weighted by Gasteiger charge is 2.47. The van der Waals surface area contributed by atoms with Crippen LogP contribution in [0.2, 0.25) is 26.7 Å². The van der Waals surface area contributed by atoms with Gasteiger partial charge in [0.05, 0.1) is 12.7 Å². The number of carbonyl (C=O) groups is 2. The lowest BCUT2D eigenvalue weighted by atomic mass is 9.95. The van der Waals surface area contributed by atoms with Gasteiger partial charge in [-0.3, -0.25) is 9.80 Å². The predicted octanol–water partition coefficient (Wildman–Crippen LogP) is 8.41. The molecule has 0 N–H and O–H groups in total. The molecule has 2 aromatic carbocycles. The van der Waals surface area contributed by atoms with Crippen molar-refractivity contribution in [1.82, 2.24) is 10.0 Å². The van der Waals surface area contributed by atoms with E-state index in [2.05, 4.69) is 46.6 Å². The molecular weight excluding hydrogens is 587 g/mol. The van der Waals surface area contributed by atoms with Gasteiger partial charge in [-0.15, -0.1) is 0 Å². The maximum atomic E-state index is 13.5. The fourth-order valence-corrected chi connectivity index (χ4v) is 13.5. The van der Waals surface area contributed by atoms with Crippen molar-refractivity contribution in [2.75, 3.05) is 26.7 Å². The Morgan fingerprint density at radius 1 is 0.881 bits per heavy atom. The number of halogens is 2. The number of hydrogen-bond acceptors (Lipinski definition) is 5. The highest BCUT2D eigenvalue weighted by molar-refractivity contribution is 6.77. The van der Waals surface area contributed by atoms with Crippen LogP contribution < -0.4 is 0 Å². The molecule has 2 aliphatic rings. The van der Waals surface area contributed by atoms with E-state index in [-0.39, 0.29) is 23.9 Å². The molecule has 4 rings (SSSR count). The van der Waals surface area contributed by atoms with Crippen molar-refractivity contribution in [2.24, 2.45) is 5.92 Å². The average molecular weight is 634 g/mol. The molecule has 2 saturated heterocycles. The lowest BCUT2D eigenvalue weighted by molar-refractivity contribution is -0.149. The fraction of sp³-hybridized carbons (Fsp3) is 0.576. The Morgan fingerprint density at radius 2 is 1.43 bits per heavy atom. The fourth-order valence-electron chi connectivity index (χ4n) is 7.22. The Bertz CT molecular complexity index is 1210. The lowest BCUT2D eigenvalue weighted by Gasteiger charge is -2.47. The molecule has 230 valence electrons. The number of methoxy groups -OCH3 is 1. The van der Waals surface area contributed by atoms with Gasteiger partial charge in [-0.1, -0.05) is 76.9 Å². The van der Waals surface area contributed by atoms with E-state index in [9.17, 15) is 9.59 Å². The molecular formula is C33H46Cl2N2O4Si. The smallest absolute Gasteiger partial charge is 0.337 e. The molecule has 2 aromatic rings. The van der Waals surface area contributed by atoms with Crippen LogP contribution in [-0.4, -0.2) is 63.1 Å². The van der Waals surface area contributed by atoms with Crippen molar-refractivity contribution in [3.63, 3.8) is 0 Å². The van der Waals surface area contributed by atoms with Crippen LogP contribution in [0.25, 0.3) is 11.1 Å². The van der Waals surface area contributed by atoms with E-state index in [4.69, 9.17) is 32.4 Å². The van der Waals surface area contributed by atoms with Crippen molar-refractivity contribution in [3.8, 4) is 11.1 Å². The number of esters is 1. The van der Waals surface area contributed by atoms with E-state index in [0.717, 1.165) is 55.6 Å². The first kappa shape index (κ1) is 33.0. The third-order valence-corrected chi connectivity index (χ3v) is 16.2. The molecule has 9 heteroatoms. The molecule has 42 heavy (non-hydrogen) atoms. The summed E-state index contributed by atoms with van der Waals surface area (Å²) in [7, 11) is -0.564. The zero-order chi connectivity index (χ0) is 30.8. The van der Waals surface area contributed by atoms with Gasteiger partial charge in [-0.05, 0) is 83.3 Å². The summed E-state index contributed by atoms with van der Waals surface area (Å²) in [6, 6.07) is 10.9. The van der Waals surface area contributed by atoms with Crippen LogP contribution in [0.4, 0.5) is 0 Å². The molecule has 1 amide bonds. The van der Waals surface area contributed by atoms with Crippen molar-refractivity contribution in [1.29, 1.82) is 0 Å². The first-order valence-corrected chi connectivity index (χ1v) is 18.2. The van der Waals surface area contributed by atoms with Crippen LogP contribution in [0.3, 0.4) is 0 Å². The SMILES string of the molecule is COC(=O)c1ccc(-c2cc(Cl)c(CC3CCN(N4CCC(O[Si](C(C)C)(C(C)C)C(C)C)CC4)C3=O)c(Cl)c2)cc1. The second-order valence-electron chi connectivity index (χ2n) is 12.7. The molecule has 2 aliphatic heterocycles. The number of nitrogens with zero attached hydrogens (tertiary/aromatic N) is 2. The first-order chi connectivity index (χ1) is 19.9. The number of amides is 1. The van der Waals surface area contributed by atoms with E-state index >= 15 is 0 Å². The Balaban J connectivity index is 1.38. The number of rotatable bonds is 10. The maximum Gasteiger partial charge on any atom is 0.337 e. The summed E-state index contributed by atoms with van der Waals surface area (Å²) in [5.41, 5.74) is 4.73. The summed E-state index contributed by atoms with van der Waals surface area (Å²) in [5.74, 6) is -0.380. The number of piperidine rings is 1. The zero-order valence-corrected chi connectivity index (χ0v) is 28.6. The molecule has 1 atom stereocenters. The minimum Gasteiger partial charge on any atom is -0.465 e. The second-order valence-corrected chi connectivity index (χ2v) is 18.9. The molecule has 0 aliphatic carbocycles. The van der Waals surface area contributed by atoms with Gasteiger partial charge < -0.3 is 9.16 Å². The Morgan fingerprint density at radius 3 is 1.93 bits per heavy atom. The van der Waals surface area contributed by atoms with E-state index in [1.165, 1.54) is 7.11 Å². The van der Waals surface area contributed by atoms with E-state index < -0.39 is 8.32 Å². The highest BCUT2D eigenvalue weighted by atomic mass is 35.5. The number of hydrogen-bond donors (Lipinski definition) is 0. The monoisotopic (exact) mass is 632 g/mol. The largest absolute Gasteiger partial charge is 0.465 e. The van der Waals surface area contributed by atoms with Gasteiger partial charge in [0.1, 0.15) is 0 Å². The summed E-state index contributed by atoms with van der Waals surface area (Å²) in [6.45, 7) is 16.4. The minimum atomic E-state index is -1.92. The van der Waals surface area contributed by atoms with Crippen LogP contribution in [0, 0.1) is 5.92 Å². The van der Waals surface area contributed by atoms with Gasteiger partial charge in [0.2, 0.25) is 14.2 Å². The third-order valence-electron chi connectivity index (χ3n) is 9.36. The topological polar surface area (TPSA) is 59.1 Å². The minimum absolute atomic E-state index is 0.151. The van der Waals surface area contributed by atoms with Gasteiger partial charge in [0, 0.05) is 41.7 Å². The quantitative estimate of drug-likeness (QED) is 0.194. The van der Waals surface area contributed by atoms with Crippen LogP contribution in [-0.2, 0) is 20.4 Å². The summed E-state index contributed by atoms with van der Waals surface area (Å²) in [5, 5.41) is 5.28. The Labute approximate surface area is 262 Å². The molecule has 2 fully saturated rings. The molecule has 0 saturated carbocycles. The van der Waals surface area contributed by atoms with Crippen molar-refractivity contribution >= 4 is 43.4 Å². The molecule has 6 nitrogen and oxygen atoms in total. The average Bonchev–Trinajstić information content (AvgIpc) is 3.32. The molecule has 0 aromatic heterocycles. The van der Waals surface area contributed by atoms with Crippen molar-refractivity contribution in [3.05, 3.63) is 57.6 Å². The molecule has 0 spiro atoms. The van der Waals surface area contributed by atoms with Gasteiger partial charge in [0.25, 0.3) is 0 Å². The van der Waals surface area contributed by atoms with E-state index in [0.29, 0.717) is 38.7 Å². The van der Waals surface area contributed by atoms with Crippen molar-refractivity contribution < 1.29 is 18.8 Å². The van der Waals surface area contributed by atoms with E-state index in [1.807, 2.05) is 29.3 Å². The number of carbonyl (C=O) groups excluding carboxylic acids is 2. The number of ether oxygens (including phenoxy) is 1. The molecule has 1 unspecified atom stereocenters. The van der Waals surface area contributed by atoms with Crippen LogP contribution >= 0.6 is 23.2 Å².